The predicted octanol–water partition coefficient (Wildman–Crippen LogP) is 4.82. The van der Waals surface area contributed by atoms with Crippen LogP contribution in [0.2, 0.25) is 0 Å². The molecule has 1 aliphatic rings. The van der Waals surface area contributed by atoms with Crippen LogP contribution in [-0.2, 0) is 0 Å². The van der Waals surface area contributed by atoms with Gasteiger partial charge in [0, 0.05) is 55.1 Å². The number of nitrogens with one attached hydrogen (secondary N) is 1. The highest BCUT2D eigenvalue weighted by molar-refractivity contribution is 5.92. The fraction of sp³-hybridized carbons (Fsp3) is 0.321. The molecular formula is C28H31N9. The molecule has 0 saturated carbocycles. The molecule has 2 aromatic carbocycles. The van der Waals surface area contributed by atoms with Gasteiger partial charge in [0.05, 0.1) is 22.2 Å². The van der Waals surface area contributed by atoms with Gasteiger partial charge in [0.2, 0.25) is 5.95 Å². The van der Waals surface area contributed by atoms with Crippen LogP contribution in [0.5, 0.6) is 0 Å². The van der Waals surface area contributed by atoms with E-state index in [1.165, 1.54) is 0 Å². The number of likely N-dealkylation sites (N-methyl/N-ethyl adjacent to an activating group) is 1. The molecule has 0 bridgehead atoms. The average Bonchev–Trinajstić information content (AvgIpc) is 3.24. The van der Waals surface area contributed by atoms with Crippen molar-refractivity contribution in [3.05, 3.63) is 60.8 Å². The van der Waals surface area contributed by atoms with Crippen molar-refractivity contribution in [1.29, 1.82) is 0 Å². The van der Waals surface area contributed by atoms with Gasteiger partial charge in [-0.1, -0.05) is 6.07 Å². The summed E-state index contributed by atoms with van der Waals surface area (Å²) in [5.74, 6) is 2.55. The minimum Gasteiger partial charge on any atom is -0.353 e. The number of benzene rings is 2. The van der Waals surface area contributed by atoms with Crippen molar-refractivity contribution in [2.24, 2.45) is 0 Å². The first-order valence-corrected chi connectivity index (χ1v) is 12.7. The molecule has 0 radical (unpaired) electrons. The smallest absolute Gasteiger partial charge is 0.227 e. The Balaban J connectivity index is 1.28. The fourth-order valence-corrected chi connectivity index (χ4v) is 5.12. The zero-order valence-corrected chi connectivity index (χ0v) is 21.7. The van der Waals surface area contributed by atoms with Gasteiger partial charge in [-0.05, 0) is 64.2 Å². The van der Waals surface area contributed by atoms with Crippen molar-refractivity contribution >= 4 is 39.4 Å². The molecule has 4 heterocycles. The van der Waals surface area contributed by atoms with Crippen molar-refractivity contribution in [2.75, 3.05) is 43.4 Å². The minimum atomic E-state index is 0.330. The summed E-state index contributed by atoms with van der Waals surface area (Å²) in [4.78, 5) is 27.8. The van der Waals surface area contributed by atoms with Crippen LogP contribution >= 0.6 is 0 Å². The summed E-state index contributed by atoms with van der Waals surface area (Å²) in [5, 5.41) is 4.41. The second-order valence-corrected chi connectivity index (χ2v) is 9.94. The number of anilines is 3. The molecule has 0 aliphatic carbocycles. The van der Waals surface area contributed by atoms with E-state index in [1.54, 1.807) is 12.5 Å². The molecule has 5 aromatic rings. The van der Waals surface area contributed by atoms with Crippen LogP contribution in [0, 0.1) is 6.92 Å². The van der Waals surface area contributed by atoms with Gasteiger partial charge in [-0.25, -0.2) is 24.9 Å². The highest BCUT2D eigenvalue weighted by atomic mass is 15.3. The number of aryl methyl sites for hydroxylation is 1. The third-order valence-electron chi connectivity index (χ3n) is 7.01. The molecule has 0 atom stereocenters. The number of piperazine rings is 1. The van der Waals surface area contributed by atoms with Gasteiger partial charge < -0.3 is 19.7 Å². The topological polar surface area (TPSA) is 87.9 Å². The quantitative estimate of drug-likeness (QED) is 0.373. The van der Waals surface area contributed by atoms with Crippen LogP contribution in [0.1, 0.15) is 25.7 Å². The van der Waals surface area contributed by atoms with Gasteiger partial charge in [0.15, 0.2) is 0 Å². The Labute approximate surface area is 216 Å². The van der Waals surface area contributed by atoms with Gasteiger partial charge in [-0.3, -0.25) is 0 Å². The lowest BCUT2D eigenvalue weighted by atomic mass is 10.1. The van der Waals surface area contributed by atoms with E-state index in [-0.39, 0.29) is 0 Å². The van der Waals surface area contributed by atoms with E-state index in [4.69, 9.17) is 9.97 Å². The average molecular weight is 494 g/mol. The lowest BCUT2D eigenvalue weighted by molar-refractivity contribution is 0.312. The van der Waals surface area contributed by atoms with E-state index >= 15 is 0 Å². The molecule has 9 nitrogen and oxygen atoms in total. The summed E-state index contributed by atoms with van der Waals surface area (Å²) in [5.41, 5.74) is 5.78. The second kappa shape index (κ2) is 9.40. The number of imidazole rings is 1. The third-order valence-corrected chi connectivity index (χ3v) is 7.01. The molecule has 1 aliphatic heterocycles. The van der Waals surface area contributed by atoms with Crippen LogP contribution in [0.3, 0.4) is 0 Å². The van der Waals surface area contributed by atoms with Crippen molar-refractivity contribution < 1.29 is 0 Å². The van der Waals surface area contributed by atoms with E-state index in [0.29, 0.717) is 12.0 Å². The van der Waals surface area contributed by atoms with E-state index in [9.17, 15) is 0 Å². The Morgan fingerprint density at radius 2 is 1.70 bits per heavy atom. The molecular weight excluding hydrogens is 462 g/mol. The molecule has 6 rings (SSSR count). The zero-order chi connectivity index (χ0) is 25.5. The number of aromatic nitrogens is 6. The summed E-state index contributed by atoms with van der Waals surface area (Å²) >= 11 is 0. The van der Waals surface area contributed by atoms with Crippen LogP contribution in [-0.4, -0.2) is 67.6 Å². The molecule has 1 N–H and O–H groups in total. The summed E-state index contributed by atoms with van der Waals surface area (Å²) in [6.07, 6.45) is 3.44. The Morgan fingerprint density at radius 3 is 2.51 bits per heavy atom. The Hall–Kier alpha value is -4.11. The number of hydrogen-bond acceptors (Lipinski definition) is 8. The lowest BCUT2D eigenvalue weighted by Gasteiger charge is -2.33. The fourth-order valence-electron chi connectivity index (χ4n) is 5.12. The molecule has 1 fully saturated rings. The lowest BCUT2D eigenvalue weighted by Crippen LogP contribution is -2.44. The van der Waals surface area contributed by atoms with Gasteiger partial charge in [-0.2, -0.15) is 0 Å². The zero-order valence-electron chi connectivity index (χ0n) is 21.7. The molecule has 3 aromatic heterocycles. The highest BCUT2D eigenvalue weighted by Gasteiger charge is 2.18. The van der Waals surface area contributed by atoms with E-state index in [2.05, 4.69) is 86.7 Å². The number of nitrogens with zero attached hydrogens (tertiary/aromatic N) is 8. The van der Waals surface area contributed by atoms with Gasteiger partial charge in [0.25, 0.3) is 0 Å². The summed E-state index contributed by atoms with van der Waals surface area (Å²) in [6, 6.07) is 14.7. The number of rotatable bonds is 5. The Kier molecular flexibility index (Phi) is 5.92. The van der Waals surface area contributed by atoms with E-state index in [1.807, 2.05) is 18.2 Å². The van der Waals surface area contributed by atoms with Crippen LogP contribution in [0.15, 0.2) is 55.0 Å². The minimum absolute atomic E-state index is 0.330. The summed E-state index contributed by atoms with van der Waals surface area (Å²) in [6.45, 7) is 10.4. The maximum absolute atomic E-state index is 4.81. The first kappa shape index (κ1) is 23.3. The SMILES string of the molecule is Cc1nc2ccc(-c3ccnc(Nc4ccc5c(N6CCN(C)CC6)ncnc5c4)n3)cc2n1C(C)C. The first-order chi connectivity index (χ1) is 18.0. The molecule has 188 valence electrons. The third kappa shape index (κ3) is 4.46. The molecule has 9 heteroatoms. The molecule has 0 unspecified atom stereocenters. The molecule has 1 saturated heterocycles. The maximum atomic E-state index is 4.81. The maximum Gasteiger partial charge on any atom is 0.227 e. The van der Waals surface area contributed by atoms with Crippen molar-refractivity contribution in [3.63, 3.8) is 0 Å². The molecule has 37 heavy (non-hydrogen) atoms. The molecule has 0 spiro atoms. The van der Waals surface area contributed by atoms with Gasteiger partial charge in [-0.15, -0.1) is 0 Å². The van der Waals surface area contributed by atoms with Gasteiger partial charge >= 0.3 is 0 Å². The van der Waals surface area contributed by atoms with Gasteiger partial charge in [0.1, 0.15) is 18.0 Å². The van der Waals surface area contributed by atoms with Crippen LogP contribution < -0.4 is 10.2 Å². The van der Waals surface area contributed by atoms with E-state index in [0.717, 1.165) is 76.7 Å². The van der Waals surface area contributed by atoms with Crippen LogP contribution in [0.4, 0.5) is 17.5 Å². The second-order valence-electron chi connectivity index (χ2n) is 9.94. The Bertz CT molecular complexity index is 1580. The normalized spacial score (nSPS) is 14.7. The number of hydrogen-bond donors (Lipinski definition) is 1. The largest absolute Gasteiger partial charge is 0.353 e. The van der Waals surface area contributed by atoms with E-state index < -0.39 is 0 Å². The van der Waals surface area contributed by atoms with Crippen LogP contribution in [0.25, 0.3) is 33.2 Å². The first-order valence-electron chi connectivity index (χ1n) is 12.7. The molecule has 0 amide bonds. The predicted molar refractivity (Wildman–Crippen MR) is 148 cm³/mol. The Morgan fingerprint density at radius 1 is 0.865 bits per heavy atom. The summed E-state index contributed by atoms with van der Waals surface area (Å²) in [7, 11) is 2.16. The van der Waals surface area contributed by atoms with Crippen molar-refractivity contribution in [2.45, 2.75) is 26.8 Å². The van der Waals surface area contributed by atoms with Crippen molar-refractivity contribution in [1.82, 2.24) is 34.4 Å². The highest BCUT2D eigenvalue weighted by Crippen LogP contribution is 2.29. The summed E-state index contributed by atoms with van der Waals surface area (Å²) < 4.78 is 2.26. The van der Waals surface area contributed by atoms with Crippen molar-refractivity contribution in [3.8, 4) is 11.3 Å². The number of fused-ring (bicyclic) bond motifs is 2. The standard InChI is InChI=1S/C28H31N9/c1-18(2)37-19(3)32-24-8-5-20(15-26(24)37)23-9-10-29-28(34-23)33-21-6-7-22-25(16-21)30-17-31-27(22)36-13-11-35(4)12-14-36/h5-10,15-18H,11-14H2,1-4H3,(H,29,33,34). The monoisotopic (exact) mass is 493 g/mol.